The zero-order valence-electron chi connectivity index (χ0n) is 33.8. The van der Waals surface area contributed by atoms with Gasteiger partial charge in [-0.2, -0.15) is 0 Å². The minimum absolute atomic E-state index is 0.172. The minimum atomic E-state index is -4.63. The van der Waals surface area contributed by atoms with Gasteiger partial charge < -0.3 is 29.7 Å². The van der Waals surface area contributed by atoms with Crippen LogP contribution >= 0.6 is 7.82 Å². The number of rotatable bonds is 39. The Morgan fingerprint density at radius 2 is 1.15 bits per heavy atom. The molecule has 0 aliphatic carbocycles. The number of hydrogen-bond acceptors (Lipinski definition) is 10. The molecule has 0 amide bonds. The summed E-state index contributed by atoms with van der Waals surface area (Å²) in [5, 5.41) is 28.2. The number of aliphatic hydroxyl groups is 3. The average molecular weight is 789 g/mol. The van der Waals surface area contributed by atoms with E-state index in [9.17, 15) is 29.3 Å². The molecule has 0 aliphatic rings. The van der Waals surface area contributed by atoms with Crippen LogP contribution in [0, 0.1) is 0 Å². The van der Waals surface area contributed by atoms with Crippen molar-refractivity contribution in [3.8, 4) is 0 Å². The van der Waals surface area contributed by atoms with Gasteiger partial charge >= 0.3 is 19.8 Å². The first-order valence-corrected chi connectivity index (χ1v) is 22.5. The Morgan fingerprint density at radius 1 is 0.630 bits per heavy atom. The molecule has 0 saturated carbocycles. The molecule has 11 nitrogen and oxygen atoms in total. The smallest absolute Gasteiger partial charge is 0.462 e. The van der Waals surface area contributed by atoms with Gasteiger partial charge in [-0.05, 0) is 38.5 Å². The maximum absolute atomic E-state index is 12.6. The monoisotopic (exact) mass is 789 g/mol. The third-order valence-corrected chi connectivity index (χ3v) is 9.84. The molecule has 0 rings (SSSR count). The van der Waals surface area contributed by atoms with E-state index in [0.717, 1.165) is 57.8 Å². The molecule has 0 fully saturated rings. The van der Waals surface area contributed by atoms with Gasteiger partial charge in [0.15, 0.2) is 6.10 Å². The molecule has 12 heteroatoms. The van der Waals surface area contributed by atoms with Gasteiger partial charge in [-0.1, -0.05) is 159 Å². The highest BCUT2D eigenvalue weighted by atomic mass is 31.2. The van der Waals surface area contributed by atoms with Crippen molar-refractivity contribution >= 4 is 19.8 Å². The lowest BCUT2D eigenvalue weighted by Gasteiger charge is -2.20. The van der Waals surface area contributed by atoms with E-state index < -0.39 is 57.9 Å². The van der Waals surface area contributed by atoms with E-state index in [1.54, 1.807) is 6.08 Å². The molecular weight excluding hydrogens is 711 g/mol. The molecule has 0 aromatic carbocycles. The Bertz CT molecular complexity index is 1020. The maximum Gasteiger partial charge on any atom is 0.472 e. The number of ether oxygens (including phenoxy) is 2. The number of carbonyl (C=O) groups excluding carboxylic acids is 2. The summed E-state index contributed by atoms with van der Waals surface area (Å²) in [6.07, 6.45) is 34.4. The molecule has 0 bridgehead atoms. The summed E-state index contributed by atoms with van der Waals surface area (Å²) in [6.45, 7) is 2.13. The lowest BCUT2D eigenvalue weighted by Crippen LogP contribution is -2.29. The summed E-state index contributed by atoms with van der Waals surface area (Å²) in [5.41, 5.74) is 0. The van der Waals surface area contributed by atoms with E-state index in [1.807, 2.05) is 24.3 Å². The number of phosphoric ester groups is 1. The fourth-order valence-corrected chi connectivity index (χ4v) is 6.41. The van der Waals surface area contributed by atoms with Crippen LogP contribution in [0.5, 0.6) is 0 Å². The van der Waals surface area contributed by atoms with Crippen molar-refractivity contribution in [1.29, 1.82) is 0 Å². The predicted molar refractivity (Wildman–Crippen MR) is 216 cm³/mol. The van der Waals surface area contributed by atoms with Crippen molar-refractivity contribution in [2.75, 3.05) is 26.4 Å². The second-order valence-corrected chi connectivity index (χ2v) is 15.6. The Morgan fingerprint density at radius 3 is 1.70 bits per heavy atom. The minimum Gasteiger partial charge on any atom is -0.462 e. The second-order valence-electron chi connectivity index (χ2n) is 14.2. The highest BCUT2D eigenvalue weighted by Crippen LogP contribution is 2.43. The van der Waals surface area contributed by atoms with E-state index in [0.29, 0.717) is 19.3 Å². The number of phosphoric acid groups is 1. The van der Waals surface area contributed by atoms with Crippen LogP contribution in [0.3, 0.4) is 0 Å². The van der Waals surface area contributed by atoms with E-state index in [2.05, 4.69) is 24.4 Å². The van der Waals surface area contributed by atoms with Crippen LogP contribution in [0.1, 0.15) is 174 Å². The number of esters is 2. The zero-order valence-corrected chi connectivity index (χ0v) is 34.7. The van der Waals surface area contributed by atoms with Crippen molar-refractivity contribution in [1.82, 2.24) is 0 Å². The van der Waals surface area contributed by atoms with Gasteiger partial charge in [-0.15, -0.1) is 0 Å². The van der Waals surface area contributed by atoms with Crippen LogP contribution in [-0.4, -0.2) is 76.9 Å². The second kappa shape index (κ2) is 38.0. The van der Waals surface area contributed by atoms with Crippen LogP contribution in [0.25, 0.3) is 0 Å². The van der Waals surface area contributed by atoms with Crippen LogP contribution in [0.2, 0.25) is 0 Å². The largest absolute Gasteiger partial charge is 0.472 e. The molecule has 0 heterocycles. The summed E-state index contributed by atoms with van der Waals surface area (Å²) in [7, 11) is -4.63. The third-order valence-electron chi connectivity index (χ3n) is 8.89. The van der Waals surface area contributed by atoms with E-state index in [1.165, 1.54) is 70.6 Å². The molecule has 0 spiro atoms. The van der Waals surface area contributed by atoms with E-state index >= 15 is 0 Å². The predicted octanol–water partition coefficient (Wildman–Crippen LogP) is 9.75. The maximum atomic E-state index is 12.6. The molecule has 4 N–H and O–H groups in total. The number of allylic oxidation sites excluding steroid dienone is 4. The topological polar surface area (TPSA) is 169 Å². The summed E-state index contributed by atoms with van der Waals surface area (Å²) in [5.74, 6) is -0.975. The lowest BCUT2D eigenvalue weighted by atomic mass is 10.0. The molecular formula is C42H77O11P. The fourth-order valence-electron chi connectivity index (χ4n) is 5.62. The Labute approximate surface area is 327 Å². The van der Waals surface area contributed by atoms with Crippen molar-refractivity contribution in [2.45, 2.75) is 193 Å². The fraction of sp³-hybridized carbons (Fsp3) is 0.810. The van der Waals surface area contributed by atoms with Gasteiger partial charge in [0, 0.05) is 12.8 Å². The molecule has 2 unspecified atom stereocenters. The van der Waals surface area contributed by atoms with Crippen LogP contribution in [-0.2, 0) is 32.7 Å². The molecule has 0 saturated heterocycles. The molecule has 316 valence electrons. The van der Waals surface area contributed by atoms with Gasteiger partial charge in [0.1, 0.15) is 12.7 Å². The molecule has 54 heavy (non-hydrogen) atoms. The number of carbonyl (C=O) groups is 2. The highest BCUT2D eigenvalue weighted by Gasteiger charge is 2.27. The SMILES string of the molecule is CC/C=C/CC(O)/C=C/C=C/CCCCCCCC(=O)OC[C@H](COP(=O)(O)OC[C@@H](O)CO)OC(=O)CCCCCCCCCCCCCCCCC. The van der Waals surface area contributed by atoms with Gasteiger partial charge in [-0.25, -0.2) is 4.57 Å². The highest BCUT2D eigenvalue weighted by molar-refractivity contribution is 7.47. The normalized spacial score (nSPS) is 14.9. The molecule has 0 aromatic heterocycles. The van der Waals surface area contributed by atoms with Crippen LogP contribution in [0.4, 0.5) is 0 Å². The van der Waals surface area contributed by atoms with Gasteiger partial charge in [-0.3, -0.25) is 18.6 Å². The van der Waals surface area contributed by atoms with Gasteiger partial charge in [0.25, 0.3) is 0 Å². The molecule has 0 radical (unpaired) electrons. The molecule has 0 aliphatic heterocycles. The van der Waals surface area contributed by atoms with Crippen LogP contribution < -0.4 is 0 Å². The number of hydrogen-bond donors (Lipinski definition) is 4. The number of unbranched alkanes of at least 4 members (excludes halogenated alkanes) is 19. The Kier molecular flexibility index (Phi) is 36.7. The van der Waals surface area contributed by atoms with Crippen molar-refractivity contribution < 1.29 is 52.9 Å². The number of aliphatic hydroxyl groups excluding tert-OH is 3. The van der Waals surface area contributed by atoms with E-state index in [-0.39, 0.29) is 19.4 Å². The summed E-state index contributed by atoms with van der Waals surface area (Å²) in [6, 6.07) is 0. The quantitative estimate of drug-likeness (QED) is 0.0154. The molecule has 0 aromatic rings. The Balaban J connectivity index is 4.37. The van der Waals surface area contributed by atoms with Gasteiger partial charge in [0.2, 0.25) is 0 Å². The van der Waals surface area contributed by atoms with Crippen molar-refractivity contribution in [2.24, 2.45) is 0 Å². The average Bonchev–Trinajstić information content (AvgIpc) is 3.15. The van der Waals surface area contributed by atoms with Gasteiger partial charge in [0.05, 0.1) is 25.9 Å². The standard InChI is InChI=1S/C42H77O11P/c1-3-5-7-8-9-10-11-12-13-14-15-18-22-25-29-33-42(47)53-40(37-52-54(48,49)51-35-39(45)34-43)36-50-41(46)32-28-24-21-19-16-17-20-23-27-31-38(44)30-26-6-4-2/h6,20,23,26-27,31,38-40,43-45H,3-5,7-19,21-22,24-25,28-30,32-37H2,1-2H3,(H,48,49)/b23-20+,26-6+,31-27+/t38?,39-,40+/m0/s1. The van der Waals surface area contributed by atoms with E-state index in [4.69, 9.17) is 19.1 Å². The zero-order chi connectivity index (χ0) is 40.0. The van der Waals surface area contributed by atoms with Crippen molar-refractivity contribution in [3.63, 3.8) is 0 Å². The Hall–Kier alpha value is -1.85. The summed E-state index contributed by atoms with van der Waals surface area (Å²) in [4.78, 5) is 34.9. The third kappa shape index (κ3) is 37.1. The van der Waals surface area contributed by atoms with Crippen LogP contribution in [0.15, 0.2) is 36.5 Å². The first-order chi connectivity index (χ1) is 26.1. The molecule has 4 atom stereocenters. The summed E-state index contributed by atoms with van der Waals surface area (Å²) < 4.78 is 32.6. The summed E-state index contributed by atoms with van der Waals surface area (Å²) >= 11 is 0. The first kappa shape index (κ1) is 52.2. The first-order valence-electron chi connectivity index (χ1n) is 21.1. The van der Waals surface area contributed by atoms with Crippen molar-refractivity contribution in [3.05, 3.63) is 36.5 Å². The lowest BCUT2D eigenvalue weighted by molar-refractivity contribution is -0.161.